The summed E-state index contributed by atoms with van der Waals surface area (Å²) in [6.07, 6.45) is 9.99. The molecular weight excluding hydrogens is 262 g/mol. The van der Waals surface area contributed by atoms with Crippen LogP contribution < -0.4 is 5.32 Å². The van der Waals surface area contributed by atoms with Gasteiger partial charge in [0, 0.05) is 31.4 Å². The van der Waals surface area contributed by atoms with E-state index in [0.29, 0.717) is 12.5 Å². The van der Waals surface area contributed by atoms with Crippen LogP contribution in [0.25, 0.3) is 0 Å². The highest BCUT2D eigenvalue weighted by Crippen LogP contribution is 2.11. The minimum atomic E-state index is 0.169. The molecule has 2 heterocycles. The fraction of sp³-hybridized carbons (Fsp3) is 0.647. The van der Waals surface area contributed by atoms with Crippen molar-refractivity contribution >= 4 is 5.91 Å². The Morgan fingerprint density at radius 2 is 2.19 bits per heavy atom. The number of nitrogens with one attached hydrogen (secondary N) is 1. The van der Waals surface area contributed by atoms with Gasteiger partial charge < -0.3 is 5.32 Å². The summed E-state index contributed by atoms with van der Waals surface area (Å²) in [6.45, 7) is 5.34. The number of likely N-dealkylation sites (tertiary alicyclic amines) is 1. The molecule has 116 valence electrons. The molecule has 0 saturated carbocycles. The third-order valence-electron chi connectivity index (χ3n) is 4.20. The Morgan fingerprint density at radius 1 is 1.38 bits per heavy atom. The van der Waals surface area contributed by atoms with Crippen molar-refractivity contribution in [1.82, 2.24) is 15.2 Å². The largest absolute Gasteiger partial charge is 0.355 e. The van der Waals surface area contributed by atoms with Gasteiger partial charge >= 0.3 is 0 Å². The summed E-state index contributed by atoms with van der Waals surface area (Å²) >= 11 is 0. The maximum atomic E-state index is 11.9. The first-order chi connectivity index (χ1) is 10.3. The second-order valence-electron chi connectivity index (χ2n) is 5.96. The number of nitrogens with zero attached hydrogens (tertiary/aromatic N) is 2. The van der Waals surface area contributed by atoms with E-state index in [9.17, 15) is 4.79 Å². The molecule has 21 heavy (non-hydrogen) atoms. The van der Waals surface area contributed by atoms with Gasteiger partial charge in [0.05, 0.1) is 0 Å². The van der Waals surface area contributed by atoms with Crippen LogP contribution >= 0.6 is 0 Å². The van der Waals surface area contributed by atoms with Crippen LogP contribution in [0.1, 0.15) is 44.6 Å². The summed E-state index contributed by atoms with van der Waals surface area (Å²) in [4.78, 5) is 18.4. The summed E-state index contributed by atoms with van der Waals surface area (Å²) in [6, 6.07) is 4.45. The molecule has 1 aliphatic rings. The number of carbonyl (C=O) groups excluding carboxylic acids is 1. The third kappa shape index (κ3) is 5.84. The van der Waals surface area contributed by atoms with Crippen molar-refractivity contribution in [1.29, 1.82) is 0 Å². The zero-order valence-corrected chi connectivity index (χ0v) is 13.1. The predicted octanol–water partition coefficient (Wildman–Crippen LogP) is 2.39. The van der Waals surface area contributed by atoms with Crippen LogP contribution in [0.5, 0.6) is 0 Å². The molecule has 1 aromatic rings. The number of aromatic nitrogens is 1. The second-order valence-corrected chi connectivity index (χ2v) is 5.96. The summed E-state index contributed by atoms with van der Waals surface area (Å²) < 4.78 is 0. The van der Waals surface area contributed by atoms with Gasteiger partial charge in [-0.3, -0.25) is 14.7 Å². The van der Waals surface area contributed by atoms with Crippen molar-refractivity contribution in [3.8, 4) is 0 Å². The SMILES string of the molecule is CC(CNC(=O)CCCc1cccnc1)N1CCCCC1. The van der Waals surface area contributed by atoms with Crippen LogP contribution in [0.4, 0.5) is 0 Å². The van der Waals surface area contributed by atoms with Crippen LogP contribution in [0.3, 0.4) is 0 Å². The van der Waals surface area contributed by atoms with Gasteiger partial charge in [0.25, 0.3) is 0 Å². The van der Waals surface area contributed by atoms with Crippen LogP contribution in [0, 0.1) is 0 Å². The van der Waals surface area contributed by atoms with Gasteiger partial charge in [0.15, 0.2) is 0 Å². The lowest BCUT2D eigenvalue weighted by Crippen LogP contribution is -2.44. The number of aryl methyl sites for hydroxylation is 1. The molecule has 1 saturated heterocycles. The van der Waals surface area contributed by atoms with E-state index in [1.807, 2.05) is 12.3 Å². The lowest BCUT2D eigenvalue weighted by atomic mass is 10.1. The minimum absolute atomic E-state index is 0.169. The highest BCUT2D eigenvalue weighted by molar-refractivity contribution is 5.75. The van der Waals surface area contributed by atoms with Gasteiger partial charge in [-0.1, -0.05) is 12.5 Å². The number of hydrogen-bond donors (Lipinski definition) is 1. The number of piperidine rings is 1. The van der Waals surface area contributed by atoms with E-state index >= 15 is 0 Å². The highest BCUT2D eigenvalue weighted by atomic mass is 16.1. The molecule has 0 spiro atoms. The van der Waals surface area contributed by atoms with Crippen molar-refractivity contribution in [2.45, 2.75) is 51.5 Å². The van der Waals surface area contributed by atoms with Crippen LogP contribution in [-0.2, 0) is 11.2 Å². The molecule has 1 aromatic heterocycles. The number of pyridine rings is 1. The molecule has 2 rings (SSSR count). The standard InChI is InChI=1S/C17H27N3O/c1-15(20-11-3-2-4-12-20)13-19-17(21)9-5-7-16-8-6-10-18-14-16/h6,8,10,14-15H,2-5,7,9,11-13H2,1H3,(H,19,21). The van der Waals surface area contributed by atoms with Crippen molar-refractivity contribution in [2.24, 2.45) is 0 Å². The van der Waals surface area contributed by atoms with Gasteiger partial charge in [-0.05, 0) is 57.3 Å². The first-order valence-electron chi connectivity index (χ1n) is 8.15. The van der Waals surface area contributed by atoms with Crippen LogP contribution in [0.2, 0.25) is 0 Å². The molecule has 1 fully saturated rings. The summed E-state index contributed by atoms with van der Waals surface area (Å²) in [5.74, 6) is 0.169. The van der Waals surface area contributed by atoms with Crippen molar-refractivity contribution < 1.29 is 4.79 Å². The molecule has 1 N–H and O–H groups in total. The van der Waals surface area contributed by atoms with E-state index in [2.05, 4.69) is 28.2 Å². The van der Waals surface area contributed by atoms with Crippen molar-refractivity contribution in [3.63, 3.8) is 0 Å². The lowest BCUT2D eigenvalue weighted by Gasteiger charge is -2.32. The molecule has 0 aromatic carbocycles. The molecule has 1 atom stereocenters. The first-order valence-corrected chi connectivity index (χ1v) is 8.15. The van der Waals surface area contributed by atoms with E-state index in [4.69, 9.17) is 0 Å². The fourth-order valence-electron chi connectivity index (χ4n) is 2.84. The minimum Gasteiger partial charge on any atom is -0.355 e. The molecule has 0 radical (unpaired) electrons. The second kappa shape index (κ2) is 8.78. The van der Waals surface area contributed by atoms with Gasteiger partial charge in [0.1, 0.15) is 0 Å². The Morgan fingerprint density at radius 3 is 2.90 bits per heavy atom. The van der Waals surface area contributed by atoms with Gasteiger partial charge in [-0.25, -0.2) is 0 Å². The van der Waals surface area contributed by atoms with Crippen molar-refractivity contribution in [3.05, 3.63) is 30.1 Å². The fourth-order valence-corrected chi connectivity index (χ4v) is 2.84. The highest BCUT2D eigenvalue weighted by Gasteiger charge is 2.16. The van der Waals surface area contributed by atoms with Gasteiger partial charge in [-0.2, -0.15) is 0 Å². The Labute approximate surface area is 127 Å². The summed E-state index contributed by atoms with van der Waals surface area (Å²) in [5, 5.41) is 3.07. The molecule has 1 unspecified atom stereocenters. The number of hydrogen-bond acceptors (Lipinski definition) is 3. The monoisotopic (exact) mass is 289 g/mol. The molecule has 1 amide bonds. The number of carbonyl (C=O) groups is 1. The normalized spacial score (nSPS) is 17.4. The van der Waals surface area contributed by atoms with Gasteiger partial charge in [0.2, 0.25) is 5.91 Å². The quantitative estimate of drug-likeness (QED) is 0.838. The average molecular weight is 289 g/mol. The Balaban J connectivity index is 1.58. The van der Waals surface area contributed by atoms with E-state index in [0.717, 1.165) is 19.4 Å². The summed E-state index contributed by atoms with van der Waals surface area (Å²) in [5.41, 5.74) is 1.20. The molecule has 1 aliphatic heterocycles. The van der Waals surface area contributed by atoms with Crippen molar-refractivity contribution in [2.75, 3.05) is 19.6 Å². The molecular formula is C17H27N3O. The maximum Gasteiger partial charge on any atom is 0.220 e. The third-order valence-corrected chi connectivity index (χ3v) is 4.20. The molecule has 0 bridgehead atoms. The molecule has 4 nitrogen and oxygen atoms in total. The van der Waals surface area contributed by atoms with Crippen LogP contribution in [-0.4, -0.2) is 41.5 Å². The van der Waals surface area contributed by atoms with E-state index < -0.39 is 0 Å². The first kappa shape index (κ1) is 16.0. The lowest BCUT2D eigenvalue weighted by molar-refractivity contribution is -0.121. The number of amides is 1. The number of rotatable bonds is 7. The van der Waals surface area contributed by atoms with E-state index in [1.54, 1.807) is 6.20 Å². The maximum absolute atomic E-state index is 11.9. The van der Waals surface area contributed by atoms with E-state index in [1.165, 1.54) is 37.9 Å². The van der Waals surface area contributed by atoms with Gasteiger partial charge in [-0.15, -0.1) is 0 Å². The Kier molecular flexibility index (Phi) is 6.67. The zero-order chi connectivity index (χ0) is 14.9. The van der Waals surface area contributed by atoms with Crippen LogP contribution in [0.15, 0.2) is 24.5 Å². The zero-order valence-electron chi connectivity index (χ0n) is 13.1. The summed E-state index contributed by atoms with van der Waals surface area (Å²) in [7, 11) is 0. The predicted molar refractivity (Wildman–Crippen MR) is 85.1 cm³/mol. The molecule has 4 heteroatoms. The smallest absolute Gasteiger partial charge is 0.220 e. The van der Waals surface area contributed by atoms with E-state index in [-0.39, 0.29) is 5.91 Å². The topological polar surface area (TPSA) is 45.2 Å². The molecule has 0 aliphatic carbocycles. The Hall–Kier alpha value is -1.42. The Bertz CT molecular complexity index is 415. The average Bonchev–Trinajstić information content (AvgIpc) is 2.54.